The van der Waals surface area contributed by atoms with Gasteiger partial charge in [-0.1, -0.05) is 77.6 Å². The van der Waals surface area contributed by atoms with Crippen LogP contribution >= 0.6 is 0 Å². The molecule has 5 aromatic carbocycles. The van der Waals surface area contributed by atoms with Crippen molar-refractivity contribution < 1.29 is 157 Å². The van der Waals surface area contributed by atoms with Gasteiger partial charge < -0.3 is 143 Å². The van der Waals surface area contributed by atoms with E-state index in [1.54, 1.807) is 45.6 Å². The highest BCUT2D eigenvalue weighted by molar-refractivity contribution is 5.97. The highest BCUT2D eigenvalue weighted by Crippen LogP contribution is 2.41. The summed E-state index contributed by atoms with van der Waals surface area (Å²) in [5.41, 5.74) is 1.80. The summed E-state index contributed by atoms with van der Waals surface area (Å²) in [4.78, 5) is 90.6. The lowest BCUT2D eigenvalue weighted by Gasteiger charge is -2.33. The lowest BCUT2D eigenvalue weighted by atomic mass is 10.0. The molecule has 0 atom stereocenters. The van der Waals surface area contributed by atoms with Gasteiger partial charge in [-0.15, -0.1) is 0 Å². The number of amides is 1. The number of rotatable bonds is 81. The maximum Gasteiger partial charge on any atom is 0.338 e. The number of ether oxygens (including phenoxy) is 27. The summed E-state index contributed by atoms with van der Waals surface area (Å²) in [6.45, 7) is 16.9. The molecule has 762 valence electrons. The zero-order chi connectivity index (χ0) is 96.8. The Morgan fingerprint density at radius 2 is 0.566 bits per heavy atom. The van der Waals surface area contributed by atoms with E-state index < -0.39 is 49.2 Å². The van der Waals surface area contributed by atoms with E-state index in [4.69, 9.17) is 128 Å². The van der Waals surface area contributed by atoms with Crippen LogP contribution in [0.3, 0.4) is 0 Å². The van der Waals surface area contributed by atoms with Crippen LogP contribution in [0.15, 0.2) is 91.0 Å². The number of carbonyl (C=O) groups is 6. The van der Waals surface area contributed by atoms with Crippen LogP contribution in [0, 0.1) is 27.7 Å². The van der Waals surface area contributed by atoms with E-state index in [1.807, 2.05) is 70.2 Å². The zero-order valence-electron chi connectivity index (χ0n) is 81.1. The second kappa shape index (κ2) is 72.3. The van der Waals surface area contributed by atoms with E-state index >= 15 is 9.59 Å². The van der Waals surface area contributed by atoms with E-state index in [0.29, 0.717) is 72.3 Å². The predicted octanol–water partition coefficient (Wildman–Crippen LogP) is 10.2. The van der Waals surface area contributed by atoms with Crippen molar-refractivity contribution in [1.82, 2.24) is 15.1 Å². The number of nitrogens with zero attached hydrogens (tertiary/aromatic N) is 2. The fourth-order valence-electron chi connectivity index (χ4n) is 14.0. The standard InChI is InChI=1S/C100H149N3O33/c1-79-65-80(2)68-85(67-79)97(107)134-76-100(77-135-98(108)86-69-81(3)66-82(4)70-86,101-96(106)84-71-88(126-57-49-117-39-35-113-32-29-110-5)94(132-63-55-123-41-37-115-34-31-112-7)89(72-84)127-58-50-118-40-36-114-33-30-111-6)78-136-99(109)87-73-90(128-59-51-119-43-45-121-53-61-130-92(104)21-17-27-102-23-13-9-14-24-102)95(133-64-56-124-42-38-116-47-48-125-75-83-19-11-8-12-20-83)91(74-87)129-60-52-120-44-46-122-54-62-131-93(105)22-18-28-103-25-15-10-16-26-103/h8,11-12,19-20,65-74H,9-10,13-18,21-64,75-78H2,1-7H3,(H,101,106). The minimum atomic E-state index is -2.19. The molecule has 0 aliphatic carbocycles. The van der Waals surface area contributed by atoms with Crippen LogP contribution in [0.2, 0.25) is 0 Å². The highest BCUT2D eigenvalue weighted by atomic mass is 16.6. The second-order valence-electron chi connectivity index (χ2n) is 32.2. The Hall–Kier alpha value is -9.00. The molecule has 0 saturated carbocycles. The maximum atomic E-state index is 15.9. The van der Waals surface area contributed by atoms with E-state index in [2.05, 4.69) is 15.1 Å². The summed E-state index contributed by atoms with van der Waals surface area (Å²) in [6.07, 6.45) is 9.27. The first-order chi connectivity index (χ1) is 66.5. The van der Waals surface area contributed by atoms with Crippen LogP contribution in [0.5, 0.6) is 34.5 Å². The minimum absolute atomic E-state index is 0.000191. The molecule has 2 aliphatic heterocycles. The second-order valence-corrected chi connectivity index (χ2v) is 32.2. The molecule has 0 unspecified atom stereocenters. The molecule has 0 spiro atoms. The molecule has 1 amide bonds. The number of piperidine rings is 2. The molecule has 2 saturated heterocycles. The van der Waals surface area contributed by atoms with E-state index in [9.17, 15) is 19.2 Å². The van der Waals surface area contributed by atoms with Crippen molar-refractivity contribution in [3.05, 3.63) is 141 Å². The van der Waals surface area contributed by atoms with E-state index in [1.165, 1.54) is 62.8 Å². The monoisotopic (exact) mass is 1920 g/mol. The van der Waals surface area contributed by atoms with Crippen molar-refractivity contribution in [2.45, 2.75) is 104 Å². The quantitative estimate of drug-likeness (QED) is 0.0215. The summed E-state index contributed by atoms with van der Waals surface area (Å²) in [6, 6.07) is 25.6. The minimum Gasteiger partial charge on any atom is -0.487 e. The Morgan fingerprint density at radius 1 is 0.294 bits per heavy atom. The Kier molecular flexibility index (Phi) is 60.6. The summed E-state index contributed by atoms with van der Waals surface area (Å²) < 4.78 is 159. The normalized spacial score (nSPS) is 13.0. The number of aryl methyl sites for hydroxylation is 4. The van der Waals surface area contributed by atoms with Gasteiger partial charge in [0, 0.05) is 39.7 Å². The Morgan fingerprint density at radius 3 is 0.882 bits per heavy atom. The summed E-state index contributed by atoms with van der Waals surface area (Å²) in [5.74, 6) is -4.10. The third kappa shape index (κ3) is 50.5. The van der Waals surface area contributed by atoms with Crippen molar-refractivity contribution >= 4 is 35.8 Å². The maximum absolute atomic E-state index is 15.9. The first-order valence-corrected chi connectivity index (χ1v) is 47.4. The predicted molar refractivity (Wildman–Crippen MR) is 501 cm³/mol. The van der Waals surface area contributed by atoms with Crippen LogP contribution in [0.25, 0.3) is 0 Å². The number of benzene rings is 5. The molecule has 2 aliphatic rings. The van der Waals surface area contributed by atoms with Crippen molar-refractivity contribution in [3.8, 4) is 34.5 Å². The summed E-state index contributed by atoms with van der Waals surface area (Å²) >= 11 is 0. The molecule has 36 heteroatoms. The summed E-state index contributed by atoms with van der Waals surface area (Å²) in [7, 11) is 4.73. The van der Waals surface area contributed by atoms with E-state index in [-0.39, 0.29) is 254 Å². The Labute approximate surface area is 801 Å². The van der Waals surface area contributed by atoms with Gasteiger partial charge in [-0.05, 0) is 160 Å². The van der Waals surface area contributed by atoms with Gasteiger partial charge in [-0.3, -0.25) is 14.4 Å². The SMILES string of the molecule is COCCOCCOCCOc1cc(C(=O)NC(COC(=O)c2cc(C)cc(C)c2)(COC(=O)c2cc(C)cc(C)c2)COC(=O)c2cc(OCCOCCOCCOC(=O)CCCN3CCCCC3)c(OCCOCCOCCOCc3ccccc3)c(OCCOCCOCCOC(=O)CCCN3CCCCC3)c2)cc(OCCOCCOCCOC)c1OCCOCCOCCOC. The van der Waals surface area contributed by atoms with Gasteiger partial charge >= 0.3 is 29.8 Å². The molecule has 0 bridgehead atoms. The lowest BCUT2D eigenvalue weighted by molar-refractivity contribution is -0.146. The van der Waals surface area contributed by atoms with Gasteiger partial charge in [0.1, 0.15) is 78.2 Å². The number of nitrogens with one attached hydrogen (secondary N) is 1. The smallest absolute Gasteiger partial charge is 0.338 e. The average molecular weight is 1920 g/mol. The van der Waals surface area contributed by atoms with Gasteiger partial charge in [0.05, 0.1) is 208 Å². The molecular weight excluding hydrogens is 1770 g/mol. The first kappa shape index (κ1) is 114. The molecule has 0 aromatic heterocycles. The number of likely N-dealkylation sites (tertiary alicyclic amines) is 2. The molecule has 7 rings (SSSR count). The van der Waals surface area contributed by atoms with Gasteiger partial charge in [-0.25, -0.2) is 14.4 Å². The van der Waals surface area contributed by atoms with Crippen LogP contribution in [0.1, 0.15) is 133 Å². The summed E-state index contributed by atoms with van der Waals surface area (Å²) in [5, 5.41) is 2.99. The Bertz CT molecular complexity index is 3850. The third-order valence-corrected chi connectivity index (χ3v) is 20.8. The van der Waals surface area contributed by atoms with Crippen molar-refractivity contribution in [2.75, 3.05) is 318 Å². The number of carbonyl (C=O) groups excluding carboxylic acids is 6. The van der Waals surface area contributed by atoms with Crippen LogP contribution in [0.4, 0.5) is 0 Å². The van der Waals surface area contributed by atoms with Crippen molar-refractivity contribution in [2.24, 2.45) is 0 Å². The van der Waals surface area contributed by atoms with Crippen molar-refractivity contribution in [3.63, 3.8) is 0 Å². The van der Waals surface area contributed by atoms with Gasteiger partial charge in [0.15, 0.2) is 23.0 Å². The fourth-order valence-corrected chi connectivity index (χ4v) is 14.0. The van der Waals surface area contributed by atoms with Crippen molar-refractivity contribution in [1.29, 1.82) is 0 Å². The average Bonchev–Trinajstić information content (AvgIpc) is 0.798. The van der Waals surface area contributed by atoms with Crippen LogP contribution in [-0.4, -0.2) is 369 Å². The molecule has 1 N–H and O–H groups in total. The molecule has 136 heavy (non-hydrogen) atoms. The largest absolute Gasteiger partial charge is 0.487 e. The van der Waals surface area contributed by atoms with Crippen LogP contribution in [-0.2, 0) is 116 Å². The number of esters is 5. The number of hydrogen-bond acceptors (Lipinski definition) is 35. The zero-order valence-corrected chi connectivity index (χ0v) is 81.1. The number of methoxy groups -OCH3 is 3. The first-order valence-electron chi connectivity index (χ1n) is 47.4. The lowest BCUT2D eigenvalue weighted by Crippen LogP contribution is -2.59. The molecule has 2 heterocycles. The fraction of sp³-hybridized carbons (Fsp3) is 0.640. The topological polar surface area (TPSA) is 370 Å². The highest BCUT2D eigenvalue weighted by Gasteiger charge is 2.40. The van der Waals surface area contributed by atoms with Gasteiger partial charge in [0.25, 0.3) is 5.91 Å². The van der Waals surface area contributed by atoms with Gasteiger partial charge in [0.2, 0.25) is 11.5 Å². The van der Waals surface area contributed by atoms with Gasteiger partial charge in [-0.2, -0.15) is 0 Å². The Balaban J connectivity index is 1.21. The number of hydrogen-bond donors (Lipinski definition) is 1. The van der Waals surface area contributed by atoms with Crippen LogP contribution < -0.4 is 33.7 Å². The molecule has 2 fully saturated rings. The molecule has 5 aromatic rings. The van der Waals surface area contributed by atoms with E-state index in [0.717, 1.165) is 79.9 Å². The molecular formula is C100H149N3O33. The molecule has 36 nitrogen and oxygen atoms in total. The third-order valence-electron chi connectivity index (χ3n) is 20.8. The molecule has 0 radical (unpaired) electrons.